The van der Waals surface area contributed by atoms with E-state index >= 15 is 0 Å². The molecule has 3 saturated heterocycles. The third-order valence-corrected chi connectivity index (χ3v) is 10.8. The molecule has 5 fully saturated rings. The maximum absolute atomic E-state index is 14.2. The van der Waals surface area contributed by atoms with Crippen LogP contribution >= 0.6 is 0 Å². The third-order valence-electron chi connectivity index (χ3n) is 10.8. The zero-order valence-electron chi connectivity index (χ0n) is 21.2. The fourth-order valence-electron chi connectivity index (χ4n) is 9.17. The number of furan rings is 1. The Morgan fingerprint density at radius 2 is 1.83 bits per heavy atom. The number of ether oxygens (including phenoxy) is 4. The molecule has 0 aromatic carbocycles. The number of methoxy groups -OCH3 is 1. The molecule has 8 heteroatoms. The molecule has 35 heavy (non-hydrogen) atoms. The van der Waals surface area contributed by atoms with Crippen molar-refractivity contribution >= 4 is 17.7 Å². The van der Waals surface area contributed by atoms with E-state index in [9.17, 15) is 14.4 Å². The van der Waals surface area contributed by atoms with Crippen LogP contribution in [-0.4, -0.2) is 48.2 Å². The van der Waals surface area contributed by atoms with E-state index in [2.05, 4.69) is 13.8 Å². The van der Waals surface area contributed by atoms with Crippen LogP contribution in [0.2, 0.25) is 0 Å². The Morgan fingerprint density at radius 3 is 2.49 bits per heavy atom. The molecule has 6 rings (SSSR count). The number of fused-ring (bicyclic) bond motifs is 3. The summed E-state index contributed by atoms with van der Waals surface area (Å²) in [5, 5.41) is 0. The van der Waals surface area contributed by atoms with Gasteiger partial charge in [-0.2, -0.15) is 0 Å². The number of epoxide rings is 1. The monoisotopic (exact) mass is 486 g/mol. The van der Waals surface area contributed by atoms with E-state index in [1.807, 2.05) is 26.8 Å². The molecule has 0 radical (unpaired) electrons. The first kappa shape index (κ1) is 23.2. The van der Waals surface area contributed by atoms with Crippen LogP contribution in [0.4, 0.5) is 0 Å². The van der Waals surface area contributed by atoms with Crippen molar-refractivity contribution < 1.29 is 37.7 Å². The molecule has 1 aromatic rings. The second kappa shape index (κ2) is 6.76. The van der Waals surface area contributed by atoms with Gasteiger partial charge in [0.25, 0.3) is 0 Å². The summed E-state index contributed by atoms with van der Waals surface area (Å²) in [6.45, 7) is 10.3. The fraction of sp³-hybridized carbons (Fsp3) is 0.741. The molecule has 190 valence electrons. The normalized spacial score (nSPS) is 49.3. The largest absolute Gasteiger partial charge is 0.472 e. The molecule has 5 aliphatic rings. The summed E-state index contributed by atoms with van der Waals surface area (Å²) in [6, 6.07) is 1.81. The van der Waals surface area contributed by atoms with Gasteiger partial charge in [-0.15, -0.1) is 0 Å². The number of cyclic esters (lactones) is 1. The minimum Gasteiger partial charge on any atom is -0.472 e. The lowest BCUT2D eigenvalue weighted by Gasteiger charge is -2.64. The molecular weight excluding hydrogens is 452 g/mol. The first-order chi connectivity index (χ1) is 16.4. The number of hydrogen-bond acceptors (Lipinski definition) is 8. The van der Waals surface area contributed by atoms with Gasteiger partial charge in [0.05, 0.1) is 43.2 Å². The Balaban J connectivity index is 1.49. The van der Waals surface area contributed by atoms with Crippen molar-refractivity contribution in [3.8, 4) is 0 Å². The van der Waals surface area contributed by atoms with Gasteiger partial charge in [-0.05, 0) is 45.6 Å². The molecule has 0 bridgehead atoms. The van der Waals surface area contributed by atoms with Gasteiger partial charge in [-0.3, -0.25) is 9.59 Å². The number of ketones is 1. The highest BCUT2D eigenvalue weighted by Gasteiger charge is 2.89. The molecular formula is C27H34O8. The topological polar surface area (TPSA) is 105 Å². The minimum absolute atomic E-state index is 0.0617. The van der Waals surface area contributed by atoms with Crippen molar-refractivity contribution in [2.75, 3.05) is 7.11 Å². The van der Waals surface area contributed by atoms with E-state index in [1.165, 1.54) is 7.11 Å². The Labute approximate surface area is 205 Å². The van der Waals surface area contributed by atoms with Gasteiger partial charge < -0.3 is 23.4 Å². The number of Topliss-reactive ketones (excluding diaryl/α,β-unsaturated/α-hetero) is 1. The van der Waals surface area contributed by atoms with Crippen LogP contribution in [0.3, 0.4) is 0 Å². The first-order valence-electron chi connectivity index (χ1n) is 12.6. The van der Waals surface area contributed by atoms with Gasteiger partial charge in [-0.25, -0.2) is 4.79 Å². The Kier molecular flexibility index (Phi) is 4.49. The molecule has 0 unspecified atom stereocenters. The van der Waals surface area contributed by atoms with Crippen LogP contribution in [0.25, 0.3) is 0 Å². The molecule has 1 aromatic heterocycles. The number of carbonyl (C=O) groups is 3. The van der Waals surface area contributed by atoms with Crippen molar-refractivity contribution in [1.29, 1.82) is 0 Å². The van der Waals surface area contributed by atoms with E-state index in [0.717, 1.165) is 12.0 Å². The summed E-state index contributed by atoms with van der Waals surface area (Å²) in [5.74, 6) is -0.842. The highest BCUT2D eigenvalue weighted by atomic mass is 16.7. The lowest BCUT2D eigenvalue weighted by Crippen LogP contribution is -2.71. The molecule has 0 amide bonds. The third kappa shape index (κ3) is 2.48. The van der Waals surface area contributed by atoms with Crippen LogP contribution in [-0.2, 0) is 33.3 Å². The van der Waals surface area contributed by atoms with Crippen LogP contribution in [0.1, 0.15) is 72.0 Å². The maximum Gasteiger partial charge on any atom is 0.339 e. The predicted molar refractivity (Wildman–Crippen MR) is 121 cm³/mol. The summed E-state index contributed by atoms with van der Waals surface area (Å²) < 4.78 is 29.2. The zero-order valence-corrected chi connectivity index (χ0v) is 21.2. The summed E-state index contributed by atoms with van der Waals surface area (Å²) in [6.07, 6.45) is 3.31. The van der Waals surface area contributed by atoms with E-state index in [-0.39, 0.29) is 30.0 Å². The highest BCUT2D eigenvalue weighted by molar-refractivity contribution is 5.93. The summed E-state index contributed by atoms with van der Waals surface area (Å²) in [4.78, 5) is 39.8. The Hall–Kier alpha value is -2.19. The van der Waals surface area contributed by atoms with Crippen molar-refractivity contribution in [2.24, 2.45) is 28.1 Å². The van der Waals surface area contributed by atoms with E-state index in [1.54, 1.807) is 12.5 Å². The Bertz CT molecular complexity index is 1110. The molecule has 1 spiro atoms. The van der Waals surface area contributed by atoms with E-state index in [4.69, 9.17) is 23.4 Å². The Morgan fingerprint density at radius 1 is 1.09 bits per heavy atom. The average molecular weight is 487 g/mol. The molecule has 4 heterocycles. The second-order valence-corrected chi connectivity index (χ2v) is 12.4. The van der Waals surface area contributed by atoms with Crippen LogP contribution < -0.4 is 0 Å². The lowest BCUT2D eigenvalue weighted by atomic mass is 9.37. The van der Waals surface area contributed by atoms with Crippen molar-refractivity contribution in [1.82, 2.24) is 0 Å². The quantitative estimate of drug-likeness (QED) is 0.470. The smallest absolute Gasteiger partial charge is 0.339 e. The second-order valence-electron chi connectivity index (χ2n) is 12.4. The number of hydrogen-bond donors (Lipinski definition) is 0. The van der Waals surface area contributed by atoms with Gasteiger partial charge in [0.1, 0.15) is 17.5 Å². The number of rotatable bonds is 3. The van der Waals surface area contributed by atoms with E-state index < -0.39 is 51.7 Å². The van der Waals surface area contributed by atoms with Gasteiger partial charge >= 0.3 is 11.9 Å². The minimum atomic E-state index is -0.978. The number of carbonyl (C=O) groups excluding carboxylic acids is 3. The summed E-state index contributed by atoms with van der Waals surface area (Å²) >= 11 is 0. The lowest BCUT2D eigenvalue weighted by molar-refractivity contribution is -0.211. The summed E-state index contributed by atoms with van der Waals surface area (Å²) in [7, 11) is 1.38. The summed E-state index contributed by atoms with van der Waals surface area (Å²) in [5.41, 5.74) is -2.79. The van der Waals surface area contributed by atoms with Gasteiger partial charge in [0.15, 0.2) is 6.10 Å². The van der Waals surface area contributed by atoms with Crippen molar-refractivity contribution in [3.05, 3.63) is 24.2 Å². The molecule has 2 saturated carbocycles. The zero-order chi connectivity index (χ0) is 25.2. The standard InChI is InChI=1S/C27H34O8/c1-23(2)16-11-17(28)26(5)15(25(16,4)18(34-23)12-19(29)31-6)7-9-24(3)20(14-8-10-32-13-14)33-22(30)21-27(24,26)35-21/h8,10,13,15-16,18,20-21H,7,9,11-12H2,1-6H3/t15-,16+,18-,20-,21-,24+,25-,26+,27-/m1/s1. The van der Waals surface area contributed by atoms with Crippen LogP contribution in [0, 0.1) is 28.1 Å². The molecule has 0 N–H and O–H groups in total. The van der Waals surface area contributed by atoms with Gasteiger partial charge in [0, 0.05) is 28.7 Å². The van der Waals surface area contributed by atoms with Gasteiger partial charge in [-0.1, -0.05) is 13.8 Å². The molecule has 8 nitrogen and oxygen atoms in total. The number of esters is 2. The van der Waals surface area contributed by atoms with Crippen LogP contribution in [0.5, 0.6) is 0 Å². The SMILES string of the molecule is COC(=O)C[C@H]1OC(C)(C)[C@@H]2CC(=O)[C@]3(C)[C@H](CC[C@@]4(C)[C@@H](c5ccoc5)OC(=O)[C@H]5O[C@]543)[C@@]12C. The molecule has 3 aliphatic heterocycles. The van der Waals surface area contributed by atoms with Crippen LogP contribution in [0.15, 0.2) is 23.0 Å². The predicted octanol–water partition coefficient (Wildman–Crippen LogP) is 3.77. The van der Waals surface area contributed by atoms with Crippen molar-refractivity contribution in [3.63, 3.8) is 0 Å². The molecule has 2 aliphatic carbocycles. The van der Waals surface area contributed by atoms with E-state index in [0.29, 0.717) is 12.8 Å². The first-order valence-corrected chi connectivity index (χ1v) is 12.6. The van der Waals surface area contributed by atoms with Gasteiger partial charge in [0.2, 0.25) is 0 Å². The fourth-order valence-corrected chi connectivity index (χ4v) is 9.17. The van der Waals surface area contributed by atoms with Crippen molar-refractivity contribution in [2.45, 2.75) is 89.8 Å². The average Bonchev–Trinajstić information content (AvgIpc) is 3.30. The molecule has 9 atom stereocenters. The maximum atomic E-state index is 14.2. The highest BCUT2D eigenvalue weighted by Crippen LogP contribution is 2.79.